The highest BCUT2D eigenvalue weighted by atomic mass is 32.2. The summed E-state index contributed by atoms with van der Waals surface area (Å²) in [7, 11) is 0. The van der Waals surface area contributed by atoms with E-state index in [1.54, 1.807) is 17.5 Å². The summed E-state index contributed by atoms with van der Waals surface area (Å²) in [5, 5.41) is 6.12. The van der Waals surface area contributed by atoms with Crippen LogP contribution >= 0.6 is 23.1 Å². The van der Waals surface area contributed by atoms with Crippen LogP contribution in [0.15, 0.2) is 40.9 Å². The van der Waals surface area contributed by atoms with Gasteiger partial charge in [-0.1, -0.05) is 18.9 Å². The number of piperidine rings is 1. The Morgan fingerprint density at radius 2 is 2.00 bits per heavy atom. The highest BCUT2D eigenvalue weighted by Crippen LogP contribution is 2.43. The number of rotatable bonds is 6. The molecule has 3 heterocycles. The van der Waals surface area contributed by atoms with Crippen LogP contribution in [0.4, 0.5) is 0 Å². The van der Waals surface area contributed by atoms with E-state index in [1.807, 2.05) is 29.4 Å². The average Bonchev–Trinajstić information content (AvgIpc) is 3.50. The molecule has 30 heavy (non-hydrogen) atoms. The van der Waals surface area contributed by atoms with Crippen LogP contribution in [-0.2, 0) is 10.2 Å². The first-order chi connectivity index (χ1) is 14.6. The Morgan fingerprint density at radius 1 is 1.23 bits per heavy atom. The normalized spacial score (nSPS) is 19.0. The van der Waals surface area contributed by atoms with Gasteiger partial charge in [-0.15, -0.1) is 23.1 Å². The predicted molar refractivity (Wildman–Crippen MR) is 122 cm³/mol. The average molecular weight is 444 g/mol. The maximum Gasteiger partial charge on any atom is 0.256 e. The van der Waals surface area contributed by atoms with Crippen molar-refractivity contribution in [1.29, 1.82) is 0 Å². The molecule has 7 heteroatoms. The number of pyridine rings is 1. The summed E-state index contributed by atoms with van der Waals surface area (Å²) in [6.07, 6.45) is 9.67. The second-order valence-corrected chi connectivity index (χ2v) is 10.0. The van der Waals surface area contributed by atoms with Crippen molar-refractivity contribution in [3.8, 4) is 0 Å². The number of thiophene rings is 1. The number of hydrogen-bond acceptors (Lipinski definition) is 5. The van der Waals surface area contributed by atoms with E-state index in [1.165, 1.54) is 16.6 Å². The molecule has 1 aliphatic heterocycles. The Bertz CT molecular complexity index is 870. The van der Waals surface area contributed by atoms with Gasteiger partial charge in [0.25, 0.3) is 5.91 Å². The minimum absolute atomic E-state index is 0.0672. The van der Waals surface area contributed by atoms with Gasteiger partial charge in [0.05, 0.1) is 11.0 Å². The number of likely N-dealkylation sites (tertiary alicyclic amines) is 1. The van der Waals surface area contributed by atoms with E-state index in [-0.39, 0.29) is 17.2 Å². The number of thioether (sulfide) groups is 1. The van der Waals surface area contributed by atoms with E-state index < -0.39 is 0 Å². The zero-order chi connectivity index (χ0) is 21.0. The second-order valence-electron chi connectivity index (χ2n) is 8.27. The van der Waals surface area contributed by atoms with Crippen molar-refractivity contribution < 1.29 is 9.59 Å². The number of carbonyl (C=O) groups excluding carboxylic acids is 2. The van der Waals surface area contributed by atoms with Gasteiger partial charge >= 0.3 is 0 Å². The van der Waals surface area contributed by atoms with Gasteiger partial charge in [0.15, 0.2) is 0 Å². The first-order valence-corrected chi connectivity index (χ1v) is 12.8. The van der Waals surface area contributed by atoms with Crippen LogP contribution in [-0.4, -0.2) is 47.6 Å². The quantitative estimate of drug-likeness (QED) is 0.675. The maximum atomic E-state index is 13.2. The number of hydrogen-bond donors (Lipinski definition) is 1. The molecule has 0 bridgehead atoms. The van der Waals surface area contributed by atoms with Crippen molar-refractivity contribution in [3.05, 3.63) is 46.3 Å². The molecule has 0 unspecified atom stereocenters. The van der Waals surface area contributed by atoms with Gasteiger partial charge in [0, 0.05) is 30.7 Å². The summed E-state index contributed by atoms with van der Waals surface area (Å²) in [5.41, 5.74) is 0.371. The highest BCUT2D eigenvalue weighted by molar-refractivity contribution is 7.98. The molecule has 1 aliphatic carbocycles. The highest BCUT2D eigenvalue weighted by Gasteiger charge is 2.43. The van der Waals surface area contributed by atoms with Crippen LogP contribution in [0.2, 0.25) is 0 Å². The van der Waals surface area contributed by atoms with E-state index in [2.05, 4.69) is 21.7 Å². The molecule has 0 atom stereocenters. The summed E-state index contributed by atoms with van der Waals surface area (Å²) >= 11 is 3.21. The van der Waals surface area contributed by atoms with Crippen LogP contribution in [0.5, 0.6) is 0 Å². The van der Waals surface area contributed by atoms with Crippen molar-refractivity contribution >= 4 is 34.9 Å². The van der Waals surface area contributed by atoms with Crippen molar-refractivity contribution in [2.24, 2.45) is 5.92 Å². The summed E-state index contributed by atoms with van der Waals surface area (Å²) in [6.45, 7) is 2.17. The van der Waals surface area contributed by atoms with E-state index in [9.17, 15) is 9.59 Å². The lowest BCUT2D eigenvalue weighted by Gasteiger charge is -2.33. The zero-order valence-electron chi connectivity index (χ0n) is 17.4. The van der Waals surface area contributed by atoms with Gasteiger partial charge in [-0.3, -0.25) is 9.59 Å². The minimum Gasteiger partial charge on any atom is -0.355 e. The lowest BCUT2D eigenvalue weighted by Crippen LogP contribution is -2.46. The van der Waals surface area contributed by atoms with Gasteiger partial charge in [-0.2, -0.15) is 0 Å². The fraction of sp³-hybridized carbons (Fsp3) is 0.522. The van der Waals surface area contributed by atoms with Crippen LogP contribution in [0.1, 0.15) is 53.8 Å². The molecule has 2 amide bonds. The van der Waals surface area contributed by atoms with E-state index >= 15 is 0 Å². The molecule has 0 radical (unpaired) electrons. The number of carbonyl (C=O) groups is 2. The summed E-state index contributed by atoms with van der Waals surface area (Å²) in [5.74, 6) is 0.687. The lowest BCUT2D eigenvalue weighted by molar-refractivity contribution is -0.126. The fourth-order valence-electron chi connectivity index (χ4n) is 4.75. The third-order valence-corrected chi connectivity index (χ3v) is 8.32. The molecule has 2 aromatic heterocycles. The predicted octanol–water partition coefficient (Wildman–Crippen LogP) is 4.35. The van der Waals surface area contributed by atoms with Crippen molar-refractivity contribution in [2.45, 2.75) is 49.0 Å². The van der Waals surface area contributed by atoms with Crippen molar-refractivity contribution in [3.63, 3.8) is 0 Å². The SMILES string of the molecule is CSc1ncccc1C(=O)N1CCC(CNC(=O)C2(c3cccs3)CCCC2)CC1. The second kappa shape index (κ2) is 9.52. The smallest absolute Gasteiger partial charge is 0.256 e. The molecule has 5 nitrogen and oxygen atoms in total. The first kappa shape index (κ1) is 21.4. The Balaban J connectivity index is 1.31. The number of nitrogens with zero attached hydrogens (tertiary/aromatic N) is 2. The van der Waals surface area contributed by atoms with Crippen molar-refractivity contribution in [1.82, 2.24) is 15.2 Å². The number of aromatic nitrogens is 1. The Kier molecular flexibility index (Phi) is 6.78. The molecule has 2 fully saturated rings. The zero-order valence-corrected chi connectivity index (χ0v) is 19.1. The van der Waals surface area contributed by atoms with Gasteiger partial charge < -0.3 is 10.2 Å². The largest absolute Gasteiger partial charge is 0.355 e. The standard InChI is InChI=1S/C23H29N3O2S2/c1-29-20-18(6-4-12-24-20)21(27)26-13-8-17(9-14-26)16-25-22(28)23(10-2-3-11-23)19-7-5-15-30-19/h4-7,12,15,17H,2-3,8-11,13-14,16H2,1H3,(H,25,28). The monoisotopic (exact) mass is 443 g/mol. The minimum atomic E-state index is -0.320. The molecule has 160 valence electrons. The number of nitrogens with one attached hydrogen (secondary N) is 1. The molecule has 2 aromatic rings. The van der Waals surface area contributed by atoms with Gasteiger partial charge in [-0.05, 0) is 61.4 Å². The van der Waals surface area contributed by atoms with Gasteiger partial charge in [0.1, 0.15) is 5.03 Å². The van der Waals surface area contributed by atoms with E-state index in [0.29, 0.717) is 18.0 Å². The third kappa shape index (κ3) is 4.28. The van der Waals surface area contributed by atoms with Crippen LogP contribution in [0, 0.1) is 5.92 Å². The molecule has 1 saturated heterocycles. The van der Waals surface area contributed by atoms with Crippen LogP contribution in [0.3, 0.4) is 0 Å². The van der Waals surface area contributed by atoms with Crippen molar-refractivity contribution in [2.75, 3.05) is 25.9 Å². The van der Waals surface area contributed by atoms with Crippen LogP contribution in [0.25, 0.3) is 0 Å². The van der Waals surface area contributed by atoms with E-state index in [4.69, 9.17) is 0 Å². The van der Waals surface area contributed by atoms with Gasteiger partial charge in [0.2, 0.25) is 5.91 Å². The Morgan fingerprint density at radius 3 is 2.67 bits per heavy atom. The molecule has 1 N–H and O–H groups in total. The molecular weight excluding hydrogens is 414 g/mol. The molecule has 0 spiro atoms. The Labute approximate surface area is 186 Å². The molecule has 0 aromatic carbocycles. The summed E-state index contributed by atoms with van der Waals surface area (Å²) in [6, 6.07) is 7.84. The molecule has 4 rings (SSSR count). The summed E-state index contributed by atoms with van der Waals surface area (Å²) < 4.78 is 0. The maximum absolute atomic E-state index is 13.2. The molecular formula is C23H29N3O2S2. The van der Waals surface area contributed by atoms with Gasteiger partial charge in [-0.25, -0.2) is 4.98 Å². The third-order valence-electron chi connectivity index (χ3n) is 6.53. The lowest BCUT2D eigenvalue weighted by atomic mass is 9.83. The molecule has 2 aliphatic rings. The summed E-state index contributed by atoms with van der Waals surface area (Å²) in [4.78, 5) is 33.5. The van der Waals surface area contributed by atoms with E-state index in [0.717, 1.165) is 56.6 Å². The Hall–Kier alpha value is -1.86. The number of amides is 2. The first-order valence-electron chi connectivity index (χ1n) is 10.7. The molecule has 1 saturated carbocycles. The topological polar surface area (TPSA) is 62.3 Å². The fourth-order valence-corrected chi connectivity index (χ4v) is 6.27. The van der Waals surface area contributed by atoms with Crippen LogP contribution < -0.4 is 5.32 Å².